The number of amides is 1. The number of carbonyl (C=O) groups excluding carboxylic acids is 1. The molecule has 1 amide bonds. The van der Waals surface area contributed by atoms with Crippen LogP contribution in [0, 0.1) is 0 Å². The lowest BCUT2D eigenvalue weighted by atomic mass is 9.93. The van der Waals surface area contributed by atoms with E-state index in [0.717, 1.165) is 10.7 Å². The van der Waals surface area contributed by atoms with Crippen molar-refractivity contribution >= 4 is 17.2 Å². The molecular weight excluding hydrogens is 376 g/mol. The number of hydrogen-bond donors (Lipinski definition) is 1. The van der Waals surface area contributed by atoms with Gasteiger partial charge in [0.25, 0.3) is 5.91 Å². The average Bonchev–Trinajstić information content (AvgIpc) is 3.12. The van der Waals surface area contributed by atoms with E-state index in [1.54, 1.807) is 23.5 Å². The largest absolute Gasteiger partial charge is 0.490 e. The van der Waals surface area contributed by atoms with Gasteiger partial charge in [0.05, 0.1) is 32.1 Å². The number of rotatable bonds is 9. The second-order valence-electron chi connectivity index (χ2n) is 7.16. The quantitative estimate of drug-likeness (QED) is 0.661. The first-order valence-corrected chi connectivity index (χ1v) is 10.5. The maximum atomic E-state index is 12.7. The molecule has 1 aromatic heterocycles. The third-order valence-corrected chi connectivity index (χ3v) is 4.74. The van der Waals surface area contributed by atoms with E-state index in [4.69, 9.17) is 14.2 Å². The summed E-state index contributed by atoms with van der Waals surface area (Å²) in [6, 6.07) is 3.38. The van der Waals surface area contributed by atoms with E-state index < -0.39 is 0 Å². The van der Waals surface area contributed by atoms with Crippen LogP contribution in [0.1, 0.15) is 62.6 Å². The Hall–Kier alpha value is -2.28. The number of thiazole rings is 1. The molecule has 7 heteroatoms. The summed E-state index contributed by atoms with van der Waals surface area (Å²) in [4.78, 5) is 17.3. The first-order valence-electron chi connectivity index (χ1n) is 9.59. The van der Waals surface area contributed by atoms with Crippen molar-refractivity contribution in [2.45, 2.75) is 53.5 Å². The number of nitrogens with zero attached hydrogens (tertiary/aromatic N) is 1. The Balaban J connectivity index is 2.20. The van der Waals surface area contributed by atoms with Gasteiger partial charge in [-0.05, 0) is 32.9 Å². The molecular formula is C21H30N2O4S. The lowest BCUT2D eigenvalue weighted by molar-refractivity contribution is 0.0949. The highest BCUT2D eigenvalue weighted by molar-refractivity contribution is 7.09. The first kappa shape index (κ1) is 22.0. The molecule has 154 valence electrons. The number of aromatic nitrogens is 1. The summed E-state index contributed by atoms with van der Waals surface area (Å²) in [5.41, 5.74) is 1.48. The zero-order chi connectivity index (χ0) is 20.7. The maximum Gasteiger partial charge on any atom is 0.251 e. The highest BCUT2D eigenvalue weighted by atomic mass is 32.1. The van der Waals surface area contributed by atoms with Gasteiger partial charge in [0.1, 0.15) is 5.01 Å². The molecule has 0 radical (unpaired) electrons. The topological polar surface area (TPSA) is 69.7 Å². The Morgan fingerprint density at radius 3 is 2.07 bits per heavy atom. The first-order chi connectivity index (χ1) is 13.3. The van der Waals surface area contributed by atoms with E-state index in [-0.39, 0.29) is 11.3 Å². The number of carbonyl (C=O) groups is 1. The molecule has 28 heavy (non-hydrogen) atoms. The molecule has 0 spiro atoms. The minimum Gasteiger partial charge on any atom is -0.490 e. The van der Waals surface area contributed by atoms with Crippen molar-refractivity contribution in [2.75, 3.05) is 19.8 Å². The summed E-state index contributed by atoms with van der Waals surface area (Å²) in [7, 11) is 0. The molecule has 0 fully saturated rings. The monoisotopic (exact) mass is 406 g/mol. The van der Waals surface area contributed by atoms with E-state index in [1.807, 2.05) is 26.2 Å². The van der Waals surface area contributed by atoms with Gasteiger partial charge in [0.2, 0.25) is 5.75 Å². The molecule has 1 heterocycles. The predicted molar refractivity (Wildman–Crippen MR) is 112 cm³/mol. The van der Waals surface area contributed by atoms with Gasteiger partial charge in [0, 0.05) is 16.4 Å². The fourth-order valence-electron chi connectivity index (χ4n) is 2.51. The normalized spacial score (nSPS) is 11.2. The van der Waals surface area contributed by atoms with Crippen molar-refractivity contribution in [2.24, 2.45) is 0 Å². The van der Waals surface area contributed by atoms with Crippen LogP contribution < -0.4 is 19.5 Å². The van der Waals surface area contributed by atoms with Crippen LogP contribution in [-0.4, -0.2) is 30.7 Å². The number of nitrogens with one attached hydrogen (secondary N) is 1. The second kappa shape index (κ2) is 9.78. The molecule has 0 atom stereocenters. The van der Waals surface area contributed by atoms with Crippen LogP contribution in [0.3, 0.4) is 0 Å². The van der Waals surface area contributed by atoms with Crippen LogP contribution in [-0.2, 0) is 12.0 Å². The van der Waals surface area contributed by atoms with Crippen molar-refractivity contribution in [3.05, 3.63) is 33.8 Å². The molecule has 0 aliphatic carbocycles. The molecule has 0 aliphatic heterocycles. The number of ether oxygens (including phenoxy) is 3. The minimum absolute atomic E-state index is 0.00729. The van der Waals surface area contributed by atoms with Gasteiger partial charge in [-0.3, -0.25) is 4.79 Å². The van der Waals surface area contributed by atoms with E-state index in [9.17, 15) is 4.79 Å². The predicted octanol–water partition coefficient (Wildman–Crippen LogP) is 4.57. The van der Waals surface area contributed by atoms with Gasteiger partial charge in [-0.2, -0.15) is 0 Å². The van der Waals surface area contributed by atoms with Crippen LogP contribution in [0.5, 0.6) is 17.2 Å². The second-order valence-corrected chi connectivity index (χ2v) is 8.10. The molecule has 2 rings (SSSR count). The molecule has 2 aromatic rings. The SMILES string of the molecule is CCOc1cc(C(=O)NCc2nc(C(C)(C)C)cs2)cc(OCC)c1OCC. The molecule has 0 saturated heterocycles. The molecule has 0 saturated carbocycles. The van der Waals surface area contributed by atoms with E-state index in [2.05, 4.69) is 31.1 Å². The third-order valence-electron chi connectivity index (χ3n) is 3.89. The fourth-order valence-corrected chi connectivity index (χ4v) is 3.47. The molecule has 1 N–H and O–H groups in total. The van der Waals surface area contributed by atoms with Gasteiger partial charge in [0.15, 0.2) is 11.5 Å². The maximum absolute atomic E-state index is 12.7. The highest BCUT2D eigenvalue weighted by Gasteiger charge is 2.20. The Labute approximate surface area is 171 Å². The summed E-state index contributed by atoms with van der Waals surface area (Å²) in [6.45, 7) is 13.8. The Bertz CT molecular complexity index is 769. The summed E-state index contributed by atoms with van der Waals surface area (Å²) >= 11 is 1.55. The van der Waals surface area contributed by atoms with Crippen LogP contribution in [0.2, 0.25) is 0 Å². The van der Waals surface area contributed by atoms with E-state index in [1.165, 1.54) is 0 Å². The van der Waals surface area contributed by atoms with Crippen molar-refractivity contribution in [1.82, 2.24) is 10.3 Å². The Morgan fingerprint density at radius 2 is 1.61 bits per heavy atom. The van der Waals surface area contributed by atoms with Crippen molar-refractivity contribution in [1.29, 1.82) is 0 Å². The lowest BCUT2D eigenvalue weighted by Crippen LogP contribution is -2.23. The number of hydrogen-bond acceptors (Lipinski definition) is 6. The Kier molecular flexibility index (Phi) is 7.69. The summed E-state index contributed by atoms with van der Waals surface area (Å²) < 4.78 is 17.0. The van der Waals surface area contributed by atoms with Crippen LogP contribution >= 0.6 is 11.3 Å². The fraction of sp³-hybridized carbons (Fsp3) is 0.524. The van der Waals surface area contributed by atoms with E-state index in [0.29, 0.717) is 49.2 Å². The summed E-state index contributed by atoms with van der Waals surface area (Å²) in [5.74, 6) is 1.32. The zero-order valence-electron chi connectivity index (χ0n) is 17.5. The summed E-state index contributed by atoms with van der Waals surface area (Å²) in [6.07, 6.45) is 0. The van der Waals surface area contributed by atoms with Crippen molar-refractivity contribution in [3.63, 3.8) is 0 Å². The lowest BCUT2D eigenvalue weighted by Gasteiger charge is -2.17. The zero-order valence-corrected chi connectivity index (χ0v) is 18.4. The summed E-state index contributed by atoms with van der Waals surface area (Å²) in [5, 5.41) is 5.84. The average molecular weight is 407 g/mol. The molecule has 1 aromatic carbocycles. The van der Waals surface area contributed by atoms with E-state index >= 15 is 0 Å². The van der Waals surface area contributed by atoms with Gasteiger partial charge >= 0.3 is 0 Å². The van der Waals surface area contributed by atoms with Crippen LogP contribution in [0.4, 0.5) is 0 Å². The molecule has 0 unspecified atom stereocenters. The number of benzene rings is 1. The molecule has 6 nitrogen and oxygen atoms in total. The van der Waals surface area contributed by atoms with Gasteiger partial charge in [-0.15, -0.1) is 11.3 Å². The van der Waals surface area contributed by atoms with Crippen molar-refractivity contribution in [3.8, 4) is 17.2 Å². The van der Waals surface area contributed by atoms with Gasteiger partial charge < -0.3 is 19.5 Å². The van der Waals surface area contributed by atoms with Gasteiger partial charge in [-0.1, -0.05) is 20.8 Å². The smallest absolute Gasteiger partial charge is 0.251 e. The highest BCUT2D eigenvalue weighted by Crippen LogP contribution is 2.39. The van der Waals surface area contributed by atoms with Gasteiger partial charge in [-0.25, -0.2) is 4.98 Å². The van der Waals surface area contributed by atoms with Crippen LogP contribution in [0.25, 0.3) is 0 Å². The minimum atomic E-state index is -0.211. The molecule has 0 bridgehead atoms. The molecule has 0 aliphatic rings. The van der Waals surface area contributed by atoms with Crippen LogP contribution in [0.15, 0.2) is 17.5 Å². The van der Waals surface area contributed by atoms with Crippen molar-refractivity contribution < 1.29 is 19.0 Å². The standard InChI is InChI=1S/C21H30N2O4S/c1-7-25-15-10-14(11-16(26-8-2)19(15)27-9-3)20(24)22-12-18-23-17(13-28-18)21(4,5)6/h10-11,13H,7-9,12H2,1-6H3,(H,22,24). The third kappa shape index (κ3) is 5.61. The Morgan fingerprint density at radius 1 is 1.04 bits per heavy atom.